The molecule has 0 radical (unpaired) electrons. The van der Waals surface area contributed by atoms with E-state index in [1.165, 1.54) is 0 Å². The topological polar surface area (TPSA) is 48.0 Å². The number of likely N-dealkylation sites (tertiary alicyclic amines) is 1. The summed E-state index contributed by atoms with van der Waals surface area (Å²) in [6.45, 7) is 17.7. The fourth-order valence-electron chi connectivity index (χ4n) is 3.26. The van der Waals surface area contributed by atoms with Gasteiger partial charge in [0.15, 0.2) is 0 Å². The number of hydrogen-bond donors (Lipinski definition) is 0. The summed E-state index contributed by atoms with van der Waals surface area (Å²) in [6.07, 6.45) is 1.59. The standard InChI is InChI=1S/C18H34BNO4/c1-13-9-10-20(15(21)22-16(2,3)4)12-14(13)11-19-23-17(5,6)18(7,8)24-19/h13-14H,9-12H2,1-8H3. The summed E-state index contributed by atoms with van der Waals surface area (Å²) in [7, 11) is -0.207. The molecule has 0 aliphatic carbocycles. The van der Waals surface area contributed by atoms with Crippen molar-refractivity contribution in [1.82, 2.24) is 4.90 Å². The molecular weight excluding hydrogens is 305 g/mol. The molecule has 0 N–H and O–H groups in total. The molecule has 0 spiro atoms. The van der Waals surface area contributed by atoms with Crippen LogP contribution in [0.15, 0.2) is 0 Å². The first kappa shape index (κ1) is 19.6. The Bertz CT molecular complexity index is 456. The highest BCUT2D eigenvalue weighted by atomic mass is 16.7. The summed E-state index contributed by atoms with van der Waals surface area (Å²) in [5, 5.41) is 0. The molecule has 2 rings (SSSR count). The lowest BCUT2D eigenvalue weighted by atomic mass is 9.71. The zero-order valence-electron chi connectivity index (χ0n) is 16.6. The van der Waals surface area contributed by atoms with E-state index in [1.807, 2.05) is 25.7 Å². The van der Waals surface area contributed by atoms with E-state index in [-0.39, 0.29) is 24.4 Å². The van der Waals surface area contributed by atoms with Crippen molar-refractivity contribution >= 4 is 13.2 Å². The number of carbonyl (C=O) groups excluding carboxylic acids is 1. The molecule has 138 valence electrons. The lowest BCUT2D eigenvalue weighted by Crippen LogP contribution is -2.46. The van der Waals surface area contributed by atoms with Gasteiger partial charge in [0, 0.05) is 13.1 Å². The number of nitrogens with zero attached hydrogens (tertiary/aromatic N) is 1. The Morgan fingerprint density at radius 2 is 1.75 bits per heavy atom. The van der Waals surface area contributed by atoms with Crippen LogP contribution in [0.5, 0.6) is 0 Å². The normalized spacial score (nSPS) is 29.7. The van der Waals surface area contributed by atoms with Crippen LogP contribution in [-0.4, -0.2) is 48.0 Å². The van der Waals surface area contributed by atoms with Crippen molar-refractivity contribution in [3.05, 3.63) is 0 Å². The maximum atomic E-state index is 12.4. The molecule has 24 heavy (non-hydrogen) atoms. The third-order valence-electron chi connectivity index (χ3n) is 5.56. The molecule has 0 aromatic rings. The summed E-state index contributed by atoms with van der Waals surface area (Å²) >= 11 is 0. The van der Waals surface area contributed by atoms with Crippen LogP contribution in [-0.2, 0) is 14.0 Å². The van der Waals surface area contributed by atoms with Crippen molar-refractivity contribution in [2.45, 2.75) is 84.9 Å². The van der Waals surface area contributed by atoms with Crippen molar-refractivity contribution in [1.29, 1.82) is 0 Å². The Morgan fingerprint density at radius 1 is 1.21 bits per heavy atom. The lowest BCUT2D eigenvalue weighted by molar-refractivity contribution is 0.00578. The van der Waals surface area contributed by atoms with Gasteiger partial charge >= 0.3 is 13.2 Å². The van der Waals surface area contributed by atoms with Gasteiger partial charge in [0.05, 0.1) is 11.2 Å². The molecule has 2 aliphatic rings. The molecule has 1 amide bonds. The molecule has 2 saturated heterocycles. The molecule has 2 fully saturated rings. The van der Waals surface area contributed by atoms with E-state index in [9.17, 15) is 4.79 Å². The second-order valence-corrected chi connectivity index (χ2v) is 9.37. The first-order chi connectivity index (χ1) is 10.8. The van der Waals surface area contributed by atoms with Crippen molar-refractivity contribution in [2.75, 3.05) is 13.1 Å². The van der Waals surface area contributed by atoms with Gasteiger partial charge in [-0.2, -0.15) is 0 Å². The van der Waals surface area contributed by atoms with Gasteiger partial charge in [-0.1, -0.05) is 6.92 Å². The van der Waals surface area contributed by atoms with Gasteiger partial charge in [-0.15, -0.1) is 0 Å². The predicted molar refractivity (Wildman–Crippen MR) is 96.0 cm³/mol. The van der Waals surface area contributed by atoms with E-state index in [0.29, 0.717) is 18.4 Å². The van der Waals surface area contributed by atoms with Crippen LogP contribution < -0.4 is 0 Å². The van der Waals surface area contributed by atoms with Gasteiger partial charge in [-0.05, 0) is 73.0 Å². The quantitative estimate of drug-likeness (QED) is 0.714. The number of rotatable bonds is 2. The van der Waals surface area contributed by atoms with Crippen LogP contribution in [0.4, 0.5) is 4.79 Å². The average molecular weight is 339 g/mol. The minimum atomic E-state index is -0.457. The van der Waals surface area contributed by atoms with Crippen molar-refractivity contribution in [2.24, 2.45) is 11.8 Å². The van der Waals surface area contributed by atoms with Gasteiger partial charge in [0.1, 0.15) is 5.60 Å². The number of amides is 1. The molecule has 0 aromatic carbocycles. The first-order valence-corrected chi connectivity index (χ1v) is 9.14. The predicted octanol–water partition coefficient (Wildman–Crippen LogP) is 3.97. The van der Waals surface area contributed by atoms with E-state index >= 15 is 0 Å². The van der Waals surface area contributed by atoms with E-state index in [1.54, 1.807) is 0 Å². The number of hydrogen-bond acceptors (Lipinski definition) is 4. The molecule has 2 heterocycles. The molecule has 2 atom stereocenters. The molecule has 0 saturated carbocycles. The molecule has 5 nitrogen and oxygen atoms in total. The van der Waals surface area contributed by atoms with Crippen LogP contribution in [0.25, 0.3) is 0 Å². The first-order valence-electron chi connectivity index (χ1n) is 9.14. The lowest BCUT2D eigenvalue weighted by Gasteiger charge is -2.38. The minimum Gasteiger partial charge on any atom is -0.444 e. The number of piperidine rings is 1. The molecule has 0 bridgehead atoms. The summed E-state index contributed by atoms with van der Waals surface area (Å²) < 4.78 is 17.8. The van der Waals surface area contributed by atoms with Crippen molar-refractivity contribution < 1.29 is 18.8 Å². The van der Waals surface area contributed by atoms with Crippen LogP contribution in [0.1, 0.15) is 61.8 Å². The van der Waals surface area contributed by atoms with E-state index in [4.69, 9.17) is 14.0 Å². The van der Waals surface area contributed by atoms with Crippen molar-refractivity contribution in [3.8, 4) is 0 Å². The maximum absolute atomic E-state index is 12.4. The fourth-order valence-corrected chi connectivity index (χ4v) is 3.26. The summed E-state index contributed by atoms with van der Waals surface area (Å²) in [4.78, 5) is 14.2. The highest BCUT2D eigenvalue weighted by Crippen LogP contribution is 2.40. The van der Waals surface area contributed by atoms with Crippen LogP contribution >= 0.6 is 0 Å². The Morgan fingerprint density at radius 3 is 2.25 bits per heavy atom. The van der Waals surface area contributed by atoms with Gasteiger partial charge in [-0.25, -0.2) is 4.79 Å². The van der Waals surface area contributed by atoms with Gasteiger partial charge < -0.3 is 18.9 Å². The Hall–Kier alpha value is -0.745. The molecular formula is C18H34BNO4. The number of carbonyl (C=O) groups is 1. The van der Waals surface area contributed by atoms with Gasteiger partial charge in [0.2, 0.25) is 0 Å². The van der Waals surface area contributed by atoms with Crippen LogP contribution in [0.3, 0.4) is 0 Å². The van der Waals surface area contributed by atoms with Crippen molar-refractivity contribution in [3.63, 3.8) is 0 Å². The summed E-state index contributed by atoms with van der Waals surface area (Å²) in [5.74, 6) is 0.906. The monoisotopic (exact) mass is 339 g/mol. The smallest absolute Gasteiger partial charge is 0.444 e. The molecule has 2 aliphatic heterocycles. The Balaban J connectivity index is 1.96. The van der Waals surface area contributed by atoms with Gasteiger partial charge in [0.25, 0.3) is 0 Å². The second kappa shape index (κ2) is 6.52. The average Bonchev–Trinajstić information content (AvgIpc) is 2.57. The van der Waals surface area contributed by atoms with Crippen LogP contribution in [0, 0.1) is 11.8 Å². The highest BCUT2D eigenvalue weighted by Gasteiger charge is 2.52. The molecule has 2 unspecified atom stereocenters. The third-order valence-corrected chi connectivity index (χ3v) is 5.56. The highest BCUT2D eigenvalue weighted by molar-refractivity contribution is 6.45. The van der Waals surface area contributed by atoms with E-state index in [2.05, 4.69) is 34.6 Å². The zero-order valence-corrected chi connectivity index (χ0v) is 16.6. The minimum absolute atomic E-state index is 0.207. The Kier molecular flexibility index (Phi) is 5.32. The summed E-state index contributed by atoms with van der Waals surface area (Å²) in [6, 6.07) is 0. The number of ether oxygens (including phenoxy) is 1. The van der Waals surface area contributed by atoms with E-state index < -0.39 is 5.60 Å². The second-order valence-electron chi connectivity index (χ2n) is 9.37. The third kappa shape index (κ3) is 4.45. The van der Waals surface area contributed by atoms with Gasteiger partial charge in [-0.3, -0.25) is 0 Å². The Labute approximate surface area is 147 Å². The van der Waals surface area contributed by atoms with Crippen LogP contribution in [0.2, 0.25) is 6.32 Å². The molecule has 6 heteroatoms. The van der Waals surface area contributed by atoms with E-state index in [0.717, 1.165) is 19.3 Å². The maximum Gasteiger partial charge on any atom is 0.458 e. The fraction of sp³-hybridized carbons (Fsp3) is 0.944. The molecule has 0 aromatic heterocycles. The SMILES string of the molecule is CC1CCN(C(=O)OC(C)(C)C)CC1CB1OC(C)(C)C(C)(C)O1. The summed E-state index contributed by atoms with van der Waals surface area (Å²) in [5.41, 5.74) is -1.07. The largest absolute Gasteiger partial charge is 0.458 e. The zero-order chi connectivity index (χ0) is 18.3.